The van der Waals surface area contributed by atoms with E-state index in [0.717, 1.165) is 34.7 Å². The van der Waals surface area contributed by atoms with Crippen LogP contribution in [0.1, 0.15) is 55.6 Å². The van der Waals surface area contributed by atoms with Crippen LogP contribution in [0.4, 0.5) is 11.4 Å². The van der Waals surface area contributed by atoms with Gasteiger partial charge in [-0.15, -0.1) is 11.3 Å². The summed E-state index contributed by atoms with van der Waals surface area (Å²) in [5.74, 6) is -0.321. The molecule has 0 radical (unpaired) electrons. The number of likely N-dealkylation sites (tertiary alicyclic amines) is 1. The molecule has 2 amide bonds. The highest BCUT2D eigenvalue weighted by Gasteiger charge is 2.26. The molecular weight excluding hydrogens is 488 g/mol. The van der Waals surface area contributed by atoms with Crippen molar-refractivity contribution in [3.8, 4) is 10.4 Å². The van der Waals surface area contributed by atoms with Crippen LogP contribution in [0.15, 0.2) is 37.1 Å². The maximum absolute atomic E-state index is 13.2. The first-order chi connectivity index (χ1) is 17.8. The van der Waals surface area contributed by atoms with Gasteiger partial charge in [0, 0.05) is 43.5 Å². The number of hydrogen-bond donors (Lipinski definition) is 2. The van der Waals surface area contributed by atoms with Crippen molar-refractivity contribution in [1.82, 2.24) is 29.3 Å². The fourth-order valence-corrected chi connectivity index (χ4v) is 5.92. The smallest absolute Gasteiger partial charge is 0.260 e. The van der Waals surface area contributed by atoms with Crippen molar-refractivity contribution >= 4 is 39.4 Å². The molecule has 10 nitrogen and oxygen atoms in total. The van der Waals surface area contributed by atoms with Gasteiger partial charge in [-0.25, -0.2) is 4.52 Å². The lowest BCUT2D eigenvalue weighted by molar-refractivity contribution is -0.117. The normalized spacial score (nSPS) is 16.4. The van der Waals surface area contributed by atoms with Gasteiger partial charge < -0.3 is 10.6 Å². The third-order valence-electron chi connectivity index (χ3n) is 6.81. The van der Waals surface area contributed by atoms with Gasteiger partial charge in [-0.05, 0) is 46.2 Å². The molecule has 0 aromatic carbocycles. The van der Waals surface area contributed by atoms with E-state index >= 15 is 0 Å². The first-order valence-corrected chi connectivity index (χ1v) is 13.4. The molecule has 0 unspecified atom stereocenters. The Labute approximate surface area is 219 Å². The second-order valence-electron chi connectivity index (χ2n) is 9.85. The number of pyridine rings is 1. The zero-order chi connectivity index (χ0) is 26.1. The van der Waals surface area contributed by atoms with Crippen LogP contribution in [0.25, 0.3) is 15.3 Å². The van der Waals surface area contributed by atoms with Crippen molar-refractivity contribution in [2.24, 2.45) is 7.05 Å². The van der Waals surface area contributed by atoms with Crippen molar-refractivity contribution in [2.45, 2.75) is 58.5 Å². The molecule has 5 heterocycles. The molecular formula is C26H32N8O2S. The van der Waals surface area contributed by atoms with Gasteiger partial charge in [-0.2, -0.15) is 10.2 Å². The molecule has 0 spiro atoms. The van der Waals surface area contributed by atoms with Gasteiger partial charge in [0.15, 0.2) is 0 Å². The second kappa shape index (κ2) is 10.4. The highest BCUT2D eigenvalue weighted by Crippen LogP contribution is 2.31. The van der Waals surface area contributed by atoms with Crippen LogP contribution in [0.2, 0.25) is 0 Å². The summed E-state index contributed by atoms with van der Waals surface area (Å²) in [6.45, 7) is 7.22. The number of aromatic nitrogens is 5. The monoisotopic (exact) mass is 520 g/mol. The number of rotatable bonds is 7. The Hall–Kier alpha value is -3.57. The van der Waals surface area contributed by atoms with E-state index in [4.69, 9.17) is 0 Å². The number of nitrogens with one attached hydrogen (secondary N) is 2. The van der Waals surface area contributed by atoms with E-state index in [0.29, 0.717) is 35.1 Å². The van der Waals surface area contributed by atoms with E-state index in [1.807, 2.05) is 26.4 Å². The summed E-state index contributed by atoms with van der Waals surface area (Å²) in [4.78, 5) is 34.6. The lowest BCUT2D eigenvalue weighted by Gasteiger charge is -2.38. The SMILES string of the molecule is Cc1ncc(NC(=O)C[C@@H]2CCCCN2C(C)C)cc1NC(=O)c1cnn2cc(-c3cnn(C)c3)sc12. The summed E-state index contributed by atoms with van der Waals surface area (Å²) < 4.78 is 3.44. The Balaban J connectivity index is 1.28. The molecule has 1 fully saturated rings. The van der Waals surface area contributed by atoms with Crippen LogP contribution in [-0.2, 0) is 11.8 Å². The highest BCUT2D eigenvalue weighted by molar-refractivity contribution is 7.21. The Kier molecular flexibility index (Phi) is 7.07. The van der Waals surface area contributed by atoms with Gasteiger partial charge in [0.1, 0.15) is 4.83 Å². The van der Waals surface area contributed by atoms with Crippen molar-refractivity contribution in [2.75, 3.05) is 17.2 Å². The van der Waals surface area contributed by atoms with E-state index in [1.165, 1.54) is 17.8 Å². The predicted octanol–water partition coefficient (Wildman–Crippen LogP) is 4.34. The first kappa shape index (κ1) is 25.1. The average molecular weight is 521 g/mol. The Bertz CT molecular complexity index is 1440. The van der Waals surface area contributed by atoms with E-state index in [-0.39, 0.29) is 17.9 Å². The minimum atomic E-state index is -0.280. The number of carbonyl (C=O) groups excluding carboxylic acids is 2. The lowest BCUT2D eigenvalue weighted by Crippen LogP contribution is -2.45. The van der Waals surface area contributed by atoms with Gasteiger partial charge >= 0.3 is 0 Å². The molecule has 4 aromatic rings. The van der Waals surface area contributed by atoms with Crippen LogP contribution >= 0.6 is 11.3 Å². The van der Waals surface area contributed by atoms with Crippen molar-refractivity contribution in [3.05, 3.63) is 48.3 Å². The molecule has 1 atom stereocenters. The largest absolute Gasteiger partial charge is 0.325 e. The molecule has 0 aliphatic carbocycles. The van der Waals surface area contributed by atoms with Crippen LogP contribution < -0.4 is 10.6 Å². The second-order valence-corrected chi connectivity index (χ2v) is 10.9. The van der Waals surface area contributed by atoms with Crippen LogP contribution in [0, 0.1) is 6.92 Å². The number of thiazole rings is 1. The maximum atomic E-state index is 13.2. The summed E-state index contributed by atoms with van der Waals surface area (Å²) in [7, 11) is 1.87. The number of fused-ring (bicyclic) bond motifs is 1. The van der Waals surface area contributed by atoms with Gasteiger partial charge in [0.2, 0.25) is 5.91 Å². The molecule has 1 aliphatic rings. The van der Waals surface area contributed by atoms with Crippen molar-refractivity contribution in [1.29, 1.82) is 0 Å². The molecule has 194 valence electrons. The summed E-state index contributed by atoms with van der Waals surface area (Å²) in [5, 5.41) is 14.5. The summed E-state index contributed by atoms with van der Waals surface area (Å²) in [6, 6.07) is 2.42. The van der Waals surface area contributed by atoms with E-state index in [1.54, 1.807) is 33.9 Å². The average Bonchev–Trinajstić information content (AvgIpc) is 3.57. The molecule has 1 saturated heterocycles. The molecule has 4 aromatic heterocycles. The fourth-order valence-electron chi connectivity index (χ4n) is 4.89. The molecule has 0 bridgehead atoms. The molecule has 11 heteroatoms. The molecule has 1 aliphatic heterocycles. The number of nitrogens with zero attached hydrogens (tertiary/aromatic N) is 6. The van der Waals surface area contributed by atoms with Crippen molar-refractivity contribution in [3.63, 3.8) is 0 Å². The Morgan fingerprint density at radius 3 is 2.73 bits per heavy atom. The minimum Gasteiger partial charge on any atom is -0.325 e. The van der Waals surface area contributed by atoms with Crippen LogP contribution in [0.5, 0.6) is 0 Å². The fraction of sp³-hybridized carbons (Fsp3) is 0.423. The Morgan fingerprint density at radius 2 is 1.97 bits per heavy atom. The number of piperidine rings is 1. The highest BCUT2D eigenvalue weighted by atomic mass is 32.1. The van der Waals surface area contributed by atoms with Gasteiger partial charge in [-0.1, -0.05) is 6.42 Å². The molecule has 37 heavy (non-hydrogen) atoms. The quantitative estimate of drug-likeness (QED) is 0.375. The molecule has 2 N–H and O–H groups in total. The molecule has 0 saturated carbocycles. The third kappa shape index (κ3) is 5.42. The van der Waals surface area contributed by atoms with Crippen molar-refractivity contribution < 1.29 is 9.59 Å². The number of hydrogen-bond acceptors (Lipinski definition) is 7. The van der Waals surface area contributed by atoms with Gasteiger partial charge in [0.05, 0.1) is 46.1 Å². The van der Waals surface area contributed by atoms with Crippen LogP contribution in [0.3, 0.4) is 0 Å². The lowest BCUT2D eigenvalue weighted by atomic mass is 9.97. The first-order valence-electron chi connectivity index (χ1n) is 12.6. The van der Waals surface area contributed by atoms with E-state index in [9.17, 15) is 9.59 Å². The summed E-state index contributed by atoms with van der Waals surface area (Å²) >= 11 is 1.48. The third-order valence-corrected chi connectivity index (χ3v) is 7.97. The van der Waals surface area contributed by atoms with E-state index < -0.39 is 0 Å². The zero-order valence-corrected chi connectivity index (χ0v) is 22.4. The van der Waals surface area contributed by atoms with Gasteiger partial charge in [-0.3, -0.25) is 24.2 Å². The van der Waals surface area contributed by atoms with Crippen LogP contribution in [-0.4, -0.2) is 59.7 Å². The zero-order valence-electron chi connectivity index (χ0n) is 21.6. The minimum absolute atomic E-state index is 0.0414. The number of anilines is 2. The predicted molar refractivity (Wildman–Crippen MR) is 145 cm³/mol. The summed E-state index contributed by atoms with van der Waals surface area (Å²) in [6.07, 6.45) is 12.6. The topological polar surface area (TPSA) is 109 Å². The number of amides is 2. The number of carbonyl (C=O) groups is 2. The van der Waals surface area contributed by atoms with E-state index in [2.05, 4.69) is 44.6 Å². The standard InChI is InChI=1S/C26H32N8O2S/c1-16(2)33-8-6-5-7-20(33)10-24(35)30-19-9-22(17(3)27-12-19)31-25(36)21-13-29-34-15-23(37-26(21)34)18-11-28-32(4)14-18/h9,11-16,20H,5-8,10H2,1-4H3,(H,30,35)(H,31,36)/t20-/m0/s1. The molecule has 5 rings (SSSR count). The number of aryl methyl sites for hydroxylation is 2. The Morgan fingerprint density at radius 1 is 1.14 bits per heavy atom. The maximum Gasteiger partial charge on any atom is 0.260 e. The summed E-state index contributed by atoms with van der Waals surface area (Å²) in [5.41, 5.74) is 3.22. The van der Waals surface area contributed by atoms with Gasteiger partial charge in [0.25, 0.3) is 5.91 Å².